The second-order valence-electron chi connectivity index (χ2n) is 5.03. The smallest absolute Gasteiger partial charge is 0.223 e. The Morgan fingerprint density at radius 3 is 2.68 bits per heavy atom. The zero-order valence-electron chi connectivity index (χ0n) is 12.4. The van der Waals surface area contributed by atoms with Gasteiger partial charge in [-0.3, -0.25) is 9.78 Å². The van der Waals surface area contributed by atoms with Gasteiger partial charge in [-0.05, 0) is 29.7 Å². The molecule has 2 N–H and O–H groups in total. The molecular formula is C17H20N2O3. The maximum absolute atomic E-state index is 12.3. The fourth-order valence-corrected chi connectivity index (χ4v) is 2.25. The number of phenols is 1. The van der Waals surface area contributed by atoms with Gasteiger partial charge in [-0.15, -0.1) is 0 Å². The van der Waals surface area contributed by atoms with E-state index in [1.807, 2.05) is 18.2 Å². The third-order valence-corrected chi connectivity index (χ3v) is 3.42. The standard InChI is InChI=1S/C17H20N2O3/c20-11-10-19(13-14-4-3-9-18-12-14)17(22)8-7-15-5-1-2-6-16(15)21/h1-6,9,12,20-21H,7-8,10-11,13H2. The van der Waals surface area contributed by atoms with Gasteiger partial charge < -0.3 is 15.1 Å². The van der Waals surface area contributed by atoms with Gasteiger partial charge in [-0.2, -0.15) is 0 Å². The predicted molar refractivity (Wildman–Crippen MR) is 83.2 cm³/mol. The number of rotatable bonds is 7. The molecule has 2 aromatic rings. The molecule has 0 atom stereocenters. The summed E-state index contributed by atoms with van der Waals surface area (Å²) < 4.78 is 0. The van der Waals surface area contributed by atoms with Crippen molar-refractivity contribution in [2.75, 3.05) is 13.2 Å². The predicted octanol–water partition coefficient (Wildman–Crippen LogP) is 1.74. The molecule has 1 aromatic carbocycles. The number of para-hydroxylation sites is 1. The Morgan fingerprint density at radius 2 is 2.00 bits per heavy atom. The lowest BCUT2D eigenvalue weighted by atomic mass is 10.1. The maximum Gasteiger partial charge on any atom is 0.223 e. The van der Waals surface area contributed by atoms with Crippen molar-refractivity contribution in [1.82, 2.24) is 9.88 Å². The first-order chi connectivity index (χ1) is 10.7. The van der Waals surface area contributed by atoms with Crippen LogP contribution >= 0.6 is 0 Å². The Morgan fingerprint density at radius 1 is 1.18 bits per heavy atom. The SMILES string of the molecule is O=C(CCc1ccccc1O)N(CCO)Cc1cccnc1. The van der Waals surface area contributed by atoms with Crippen LogP contribution in [0.1, 0.15) is 17.5 Å². The van der Waals surface area contributed by atoms with Crippen LogP contribution < -0.4 is 0 Å². The van der Waals surface area contributed by atoms with Gasteiger partial charge in [0, 0.05) is 31.9 Å². The Kier molecular flexibility index (Phi) is 5.91. The molecule has 0 saturated carbocycles. The summed E-state index contributed by atoms with van der Waals surface area (Å²) in [6.45, 7) is 0.630. The number of aliphatic hydroxyl groups is 1. The van der Waals surface area contributed by atoms with Crippen molar-refractivity contribution in [2.45, 2.75) is 19.4 Å². The molecule has 0 unspecified atom stereocenters. The summed E-state index contributed by atoms with van der Waals surface area (Å²) in [5.41, 5.74) is 1.67. The van der Waals surface area contributed by atoms with Gasteiger partial charge in [0.1, 0.15) is 5.75 Å². The first-order valence-corrected chi connectivity index (χ1v) is 7.25. The number of pyridine rings is 1. The van der Waals surface area contributed by atoms with Gasteiger partial charge >= 0.3 is 0 Å². The molecule has 1 aromatic heterocycles. The van der Waals surface area contributed by atoms with E-state index < -0.39 is 0 Å². The number of amides is 1. The normalized spacial score (nSPS) is 10.4. The van der Waals surface area contributed by atoms with E-state index in [-0.39, 0.29) is 31.2 Å². The number of carbonyl (C=O) groups is 1. The average molecular weight is 300 g/mol. The second kappa shape index (κ2) is 8.14. The molecular weight excluding hydrogens is 280 g/mol. The topological polar surface area (TPSA) is 73.7 Å². The molecule has 0 radical (unpaired) electrons. The number of aryl methyl sites for hydroxylation is 1. The number of carbonyl (C=O) groups excluding carboxylic acids is 1. The molecule has 2 rings (SSSR count). The summed E-state index contributed by atoms with van der Waals surface area (Å²) in [4.78, 5) is 18.0. The number of aromatic hydroxyl groups is 1. The van der Waals surface area contributed by atoms with E-state index in [1.54, 1.807) is 35.5 Å². The molecule has 5 heteroatoms. The summed E-state index contributed by atoms with van der Waals surface area (Å²) in [5, 5.41) is 18.9. The molecule has 0 aliphatic carbocycles. The van der Waals surface area contributed by atoms with Crippen molar-refractivity contribution in [3.63, 3.8) is 0 Å². The Hall–Kier alpha value is -2.40. The summed E-state index contributed by atoms with van der Waals surface area (Å²) in [5.74, 6) is 0.150. The fraction of sp³-hybridized carbons (Fsp3) is 0.294. The van der Waals surface area contributed by atoms with E-state index in [0.29, 0.717) is 13.0 Å². The zero-order chi connectivity index (χ0) is 15.8. The summed E-state index contributed by atoms with van der Waals surface area (Å²) in [6.07, 6.45) is 4.15. The van der Waals surface area contributed by atoms with Crippen LogP contribution in [-0.2, 0) is 17.8 Å². The fourth-order valence-electron chi connectivity index (χ4n) is 2.25. The van der Waals surface area contributed by atoms with Gasteiger partial charge in [0.2, 0.25) is 5.91 Å². The maximum atomic E-state index is 12.3. The third-order valence-electron chi connectivity index (χ3n) is 3.42. The number of aromatic nitrogens is 1. The number of hydrogen-bond acceptors (Lipinski definition) is 4. The molecule has 0 fully saturated rings. The highest BCUT2D eigenvalue weighted by Crippen LogP contribution is 2.18. The number of hydrogen-bond donors (Lipinski definition) is 2. The highest BCUT2D eigenvalue weighted by molar-refractivity contribution is 5.76. The second-order valence-corrected chi connectivity index (χ2v) is 5.03. The molecule has 116 valence electrons. The average Bonchev–Trinajstić information content (AvgIpc) is 2.54. The Labute approximate surface area is 129 Å². The Balaban J connectivity index is 1.96. The van der Waals surface area contributed by atoms with Crippen molar-refractivity contribution in [1.29, 1.82) is 0 Å². The van der Waals surface area contributed by atoms with Crippen LogP contribution in [0.3, 0.4) is 0 Å². The molecule has 0 spiro atoms. The number of benzene rings is 1. The lowest BCUT2D eigenvalue weighted by Gasteiger charge is -2.22. The van der Waals surface area contributed by atoms with Crippen LogP contribution in [-0.4, -0.2) is 39.2 Å². The Bertz CT molecular complexity index is 602. The molecule has 0 aliphatic heterocycles. The van der Waals surface area contributed by atoms with Gasteiger partial charge in [-0.1, -0.05) is 24.3 Å². The van der Waals surface area contributed by atoms with Crippen LogP contribution in [0.4, 0.5) is 0 Å². The highest BCUT2D eigenvalue weighted by Gasteiger charge is 2.14. The van der Waals surface area contributed by atoms with Crippen molar-refractivity contribution in [3.05, 3.63) is 59.9 Å². The lowest BCUT2D eigenvalue weighted by Crippen LogP contribution is -2.33. The van der Waals surface area contributed by atoms with Crippen molar-refractivity contribution < 1.29 is 15.0 Å². The quantitative estimate of drug-likeness (QED) is 0.817. The molecule has 5 nitrogen and oxygen atoms in total. The molecule has 0 saturated heterocycles. The van der Waals surface area contributed by atoms with E-state index >= 15 is 0 Å². The van der Waals surface area contributed by atoms with Crippen LogP contribution in [0.15, 0.2) is 48.8 Å². The van der Waals surface area contributed by atoms with E-state index in [0.717, 1.165) is 11.1 Å². The summed E-state index contributed by atoms with van der Waals surface area (Å²) in [7, 11) is 0. The molecule has 22 heavy (non-hydrogen) atoms. The zero-order valence-corrected chi connectivity index (χ0v) is 12.4. The summed E-state index contributed by atoms with van der Waals surface area (Å²) >= 11 is 0. The minimum Gasteiger partial charge on any atom is -0.508 e. The van der Waals surface area contributed by atoms with Crippen molar-refractivity contribution >= 4 is 5.91 Å². The largest absolute Gasteiger partial charge is 0.508 e. The van der Waals surface area contributed by atoms with E-state index in [2.05, 4.69) is 4.98 Å². The number of aliphatic hydroxyl groups excluding tert-OH is 1. The molecule has 1 amide bonds. The van der Waals surface area contributed by atoms with E-state index in [1.165, 1.54) is 0 Å². The number of nitrogens with zero attached hydrogens (tertiary/aromatic N) is 2. The van der Waals surface area contributed by atoms with Gasteiger partial charge in [-0.25, -0.2) is 0 Å². The van der Waals surface area contributed by atoms with E-state index in [4.69, 9.17) is 5.11 Å². The first-order valence-electron chi connectivity index (χ1n) is 7.25. The van der Waals surface area contributed by atoms with Gasteiger partial charge in [0.05, 0.1) is 6.61 Å². The van der Waals surface area contributed by atoms with Gasteiger partial charge in [0.15, 0.2) is 0 Å². The first kappa shape index (κ1) is 16.0. The van der Waals surface area contributed by atoms with Crippen LogP contribution in [0, 0.1) is 0 Å². The van der Waals surface area contributed by atoms with Gasteiger partial charge in [0.25, 0.3) is 0 Å². The number of phenolic OH excluding ortho intramolecular Hbond substituents is 1. The highest BCUT2D eigenvalue weighted by atomic mass is 16.3. The molecule has 0 aliphatic rings. The molecule has 1 heterocycles. The monoisotopic (exact) mass is 300 g/mol. The van der Waals surface area contributed by atoms with Crippen molar-refractivity contribution in [3.8, 4) is 5.75 Å². The van der Waals surface area contributed by atoms with Crippen molar-refractivity contribution in [2.24, 2.45) is 0 Å². The molecule has 0 bridgehead atoms. The minimum absolute atomic E-state index is 0.0545. The van der Waals surface area contributed by atoms with Crippen LogP contribution in [0.5, 0.6) is 5.75 Å². The summed E-state index contributed by atoms with van der Waals surface area (Å²) in [6, 6.07) is 10.7. The van der Waals surface area contributed by atoms with Crippen LogP contribution in [0.2, 0.25) is 0 Å². The lowest BCUT2D eigenvalue weighted by molar-refractivity contribution is -0.132. The van der Waals surface area contributed by atoms with E-state index in [9.17, 15) is 9.90 Å². The van der Waals surface area contributed by atoms with Crippen LogP contribution in [0.25, 0.3) is 0 Å². The minimum atomic E-state index is -0.0808. The third kappa shape index (κ3) is 4.56.